The standard InChI is InChI=1S/C39H70/c1-22-19-28-20-29(21-34(7,8)9)24(3)30-27(6)37(16)17-18-38(30)31(33(37)35(10,11)12)23(2)26(5)39(25(22)4,32(28)38)36(13,14)15/h22-33H,17-21H2,1-16H3. The van der Waals surface area contributed by atoms with Gasteiger partial charge in [0.1, 0.15) is 0 Å². The van der Waals surface area contributed by atoms with Gasteiger partial charge in [0.2, 0.25) is 0 Å². The molecule has 0 radical (unpaired) electrons. The minimum Gasteiger partial charge on any atom is -0.0622 e. The maximum atomic E-state index is 2.79. The Balaban J connectivity index is 1.87. The first-order valence-electron chi connectivity index (χ1n) is 17.6. The van der Waals surface area contributed by atoms with Crippen molar-refractivity contribution in [1.29, 1.82) is 0 Å². The van der Waals surface area contributed by atoms with Crippen LogP contribution in [-0.4, -0.2) is 0 Å². The van der Waals surface area contributed by atoms with Crippen LogP contribution in [0, 0.1) is 104 Å². The van der Waals surface area contributed by atoms with Crippen LogP contribution in [0.5, 0.6) is 0 Å². The van der Waals surface area contributed by atoms with Crippen LogP contribution in [0.15, 0.2) is 0 Å². The van der Waals surface area contributed by atoms with E-state index in [1.54, 1.807) is 0 Å². The van der Waals surface area contributed by atoms with Gasteiger partial charge in [0, 0.05) is 0 Å². The van der Waals surface area contributed by atoms with Gasteiger partial charge in [-0.2, -0.15) is 0 Å². The van der Waals surface area contributed by atoms with E-state index in [1.807, 2.05) is 0 Å². The second-order valence-corrected chi connectivity index (χ2v) is 20.5. The molecule has 0 amide bonds. The van der Waals surface area contributed by atoms with Crippen molar-refractivity contribution in [3.05, 3.63) is 0 Å². The van der Waals surface area contributed by atoms with E-state index >= 15 is 0 Å². The van der Waals surface area contributed by atoms with Gasteiger partial charge in [-0.15, -0.1) is 0 Å². The minimum atomic E-state index is 0.327. The molecule has 0 heterocycles. The fraction of sp³-hybridized carbons (Fsp3) is 1.00. The lowest BCUT2D eigenvalue weighted by Crippen LogP contribution is -2.77. The van der Waals surface area contributed by atoms with Gasteiger partial charge in [0.05, 0.1) is 0 Å². The number of hydrogen-bond acceptors (Lipinski definition) is 0. The fourth-order valence-corrected chi connectivity index (χ4v) is 15.4. The molecule has 0 aromatic rings. The molecule has 39 heavy (non-hydrogen) atoms. The Morgan fingerprint density at radius 1 is 0.667 bits per heavy atom. The molecule has 0 N–H and O–H groups in total. The lowest BCUT2D eigenvalue weighted by atomic mass is 9.22. The van der Waals surface area contributed by atoms with E-state index in [2.05, 4.69) is 111 Å². The first-order chi connectivity index (χ1) is 17.6. The quantitative estimate of drug-likeness (QED) is 0.311. The van der Waals surface area contributed by atoms with Gasteiger partial charge in [-0.05, 0) is 136 Å². The molecule has 6 aliphatic rings. The highest BCUT2D eigenvalue weighted by Gasteiger charge is 2.80. The van der Waals surface area contributed by atoms with Crippen molar-refractivity contribution in [2.24, 2.45) is 104 Å². The lowest BCUT2D eigenvalue weighted by molar-refractivity contribution is -0.348. The highest BCUT2D eigenvalue weighted by molar-refractivity contribution is 5.27. The molecule has 0 aliphatic heterocycles. The molecule has 6 rings (SSSR count). The highest BCUT2D eigenvalue weighted by Crippen LogP contribution is 2.85. The molecule has 0 saturated heterocycles. The van der Waals surface area contributed by atoms with Crippen molar-refractivity contribution < 1.29 is 0 Å². The predicted octanol–water partition coefficient (Wildman–Crippen LogP) is 11.6. The molecule has 6 saturated carbocycles. The van der Waals surface area contributed by atoms with Crippen molar-refractivity contribution in [3.8, 4) is 0 Å². The summed E-state index contributed by atoms with van der Waals surface area (Å²) in [5.41, 5.74) is 2.51. The monoisotopic (exact) mass is 539 g/mol. The summed E-state index contributed by atoms with van der Waals surface area (Å²) in [6.45, 7) is 42.9. The Bertz CT molecular complexity index is 937. The van der Waals surface area contributed by atoms with Crippen LogP contribution in [0.2, 0.25) is 0 Å². The van der Waals surface area contributed by atoms with E-state index in [1.165, 1.54) is 32.1 Å². The van der Waals surface area contributed by atoms with Crippen molar-refractivity contribution >= 4 is 0 Å². The van der Waals surface area contributed by atoms with E-state index in [9.17, 15) is 0 Å². The predicted molar refractivity (Wildman–Crippen MR) is 170 cm³/mol. The summed E-state index contributed by atoms with van der Waals surface area (Å²) >= 11 is 0. The zero-order valence-corrected chi connectivity index (χ0v) is 29.5. The molecule has 0 heteroatoms. The zero-order valence-electron chi connectivity index (χ0n) is 29.5. The van der Waals surface area contributed by atoms with Crippen molar-refractivity contribution in [2.45, 2.75) is 143 Å². The summed E-state index contributed by atoms with van der Waals surface area (Å²) in [6, 6.07) is 0. The Morgan fingerprint density at radius 3 is 1.77 bits per heavy atom. The van der Waals surface area contributed by atoms with E-state index in [0.717, 1.165) is 71.0 Å². The third-order valence-corrected chi connectivity index (χ3v) is 16.0. The second kappa shape index (κ2) is 8.77. The molecular weight excluding hydrogens is 468 g/mol. The molecule has 15 unspecified atom stereocenters. The van der Waals surface area contributed by atoms with E-state index in [0.29, 0.717) is 32.5 Å². The van der Waals surface area contributed by atoms with Gasteiger partial charge in [-0.1, -0.05) is 111 Å². The molecule has 6 aliphatic carbocycles. The van der Waals surface area contributed by atoms with Crippen LogP contribution in [0.4, 0.5) is 0 Å². The molecule has 1 spiro atoms. The lowest BCUT2D eigenvalue weighted by Gasteiger charge is -2.82. The SMILES string of the molecule is CC1CC2CC(CC(C)(C)C)C(C)C3C(C)C4(C)CCC35C(C(C)C(C)C(C(C)(C)C)(C1C)C25)C4C(C)(C)C. The zero-order chi connectivity index (χ0) is 29.5. The van der Waals surface area contributed by atoms with Crippen molar-refractivity contribution in [1.82, 2.24) is 0 Å². The Hall–Kier alpha value is 0. The van der Waals surface area contributed by atoms with E-state index in [4.69, 9.17) is 0 Å². The van der Waals surface area contributed by atoms with Gasteiger partial charge in [0.25, 0.3) is 0 Å². The number of hydrogen-bond donors (Lipinski definition) is 0. The average molecular weight is 539 g/mol. The van der Waals surface area contributed by atoms with Crippen LogP contribution in [-0.2, 0) is 0 Å². The van der Waals surface area contributed by atoms with Crippen molar-refractivity contribution in [3.63, 3.8) is 0 Å². The maximum absolute atomic E-state index is 2.79. The second-order valence-electron chi connectivity index (χ2n) is 20.5. The Labute approximate surface area is 246 Å². The van der Waals surface area contributed by atoms with Crippen LogP contribution in [0.25, 0.3) is 0 Å². The molecular formula is C39H70. The molecule has 0 nitrogen and oxygen atoms in total. The van der Waals surface area contributed by atoms with Gasteiger partial charge in [-0.25, -0.2) is 0 Å². The molecule has 0 aromatic heterocycles. The van der Waals surface area contributed by atoms with Crippen LogP contribution in [0.3, 0.4) is 0 Å². The summed E-state index contributed by atoms with van der Waals surface area (Å²) in [6.07, 6.45) is 7.42. The summed E-state index contributed by atoms with van der Waals surface area (Å²) < 4.78 is 0. The Morgan fingerprint density at radius 2 is 1.26 bits per heavy atom. The van der Waals surface area contributed by atoms with Gasteiger partial charge in [0.15, 0.2) is 0 Å². The topological polar surface area (TPSA) is 0 Å². The third kappa shape index (κ3) is 3.72. The fourth-order valence-electron chi connectivity index (χ4n) is 15.4. The molecule has 226 valence electrons. The van der Waals surface area contributed by atoms with Crippen LogP contribution in [0.1, 0.15) is 143 Å². The van der Waals surface area contributed by atoms with Gasteiger partial charge >= 0.3 is 0 Å². The molecule has 6 fully saturated rings. The summed E-state index contributed by atoms with van der Waals surface area (Å²) in [7, 11) is 0. The first kappa shape index (κ1) is 30.5. The Kier molecular flexibility index (Phi) is 6.85. The molecule has 15 atom stereocenters. The number of fused-ring (bicyclic) bond motifs is 1. The first-order valence-corrected chi connectivity index (χ1v) is 17.6. The van der Waals surface area contributed by atoms with E-state index in [-0.39, 0.29) is 0 Å². The molecule has 2 bridgehead atoms. The third-order valence-electron chi connectivity index (χ3n) is 16.0. The summed E-state index contributed by atoms with van der Waals surface area (Å²) in [4.78, 5) is 0. The largest absolute Gasteiger partial charge is 0.0622 e. The summed E-state index contributed by atoms with van der Waals surface area (Å²) in [5, 5.41) is 0. The minimum absolute atomic E-state index is 0.327. The van der Waals surface area contributed by atoms with Gasteiger partial charge < -0.3 is 0 Å². The van der Waals surface area contributed by atoms with E-state index < -0.39 is 0 Å². The van der Waals surface area contributed by atoms with Crippen molar-refractivity contribution in [2.75, 3.05) is 0 Å². The highest BCUT2D eigenvalue weighted by atomic mass is 14.8. The average Bonchev–Trinajstić information content (AvgIpc) is 2.85. The normalized spacial score (nSPS) is 55.7. The smallest absolute Gasteiger partial charge is 0.0156 e. The number of rotatable bonds is 1. The van der Waals surface area contributed by atoms with Crippen LogP contribution < -0.4 is 0 Å². The maximum Gasteiger partial charge on any atom is -0.0156 e. The van der Waals surface area contributed by atoms with Crippen LogP contribution >= 0.6 is 0 Å². The van der Waals surface area contributed by atoms with Gasteiger partial charge in [-0.3, -0.25) is 0 Å². The molecule has 0 aromatic carbocycles. The summed E-state index contributed by atoms with van der Waals surface area (Å²) in [5.74, 6) is 10.2.